The van der Waals surface area contributed by atoms with Gasteiger partial charge in [0, 0.05) is 23.2 Å². The molecule has 1 aliphatic rings. The average molecular weight is 513 g/mol. The summed E-state index contributed by atoms with van der Waals surface area (Å²) in [4.78, 5) is 14.5. The highest BCUT2D eigenvalue weighted by Crippen LogP contribution is 2.39. The second-order valence-electron chi connectivity index (χ2n) is 7.57. The molecular weight excluding hydrogens is 493 g/mol. The summed E-state index contributed by atoms with van der Waals surface area (Å²) < 4.78 is 52.5. The van der Waals surface area contributed by atoms with Crippen molar-refractivity contribution in [1.29, 1.82) is 0 Å². The number of benzene rings is 2. The zero-order valence-electron chi connectivity index (χ0n) is 17.0. The van der Waals surface area contributed by atoms with Gasteiger partial charge in [0.15, 0.2) is 5.58 Å². The van der Waals surface area contributed by atoms with Crippen LogP contribution in [0, 0.1) is 0 Å². The fraction of sp³-hybridized carbons (Fsp3) is 0.333. The molecule has 11 heteroatoms. The third-order valence-electron chi connectivity index (χ3n) is 5.22. The first-order chi connectivity index (χ1) is 15.2. The van der Waals surface area contributed by atoms with Crippen LogP contribution in [-0.2, 0) is 6.18 Å². The first-order valence-corrected chi connectivity index (χ1v) is 10.7. The molecular formula is C21H20BrF3N4O3. The topological polar surface area (TPSA) is 79.6 Å². The Balaban J connectivity index is 1.50. The van der Waals surface area contributed by atoms with E-state index in [0.717, 1.165) is 23.6 Å². The standard InChI is InChI=1S/C21H20BrF3N4O3/c1-29-8-6-13(7-9-29)31-18-5-2-12(10-15(18)21(23,24)25)27-20(30)28-17-4-3-16(22)14-11-26-32-19(14)17/h2-5,10-11,13H,6-9H2,1H3,(H2,27,28,30). The highest BCUT2D eigenvalue weighted by Gasteiger charge is 2.35. The summed E-state index contributed by atoms with van der Waals surface area (Å²) in [6.45, 7) is 1.53. The van der Waals surface area contributed by atoms with Crippen LogP contribution in [0.2, 0.25) is 0 Å². The molecule has 0 aliphatic carbocycles. The van der Waals surface area contributed by atoms with Crippen LogP contribution in [0.15, 0.2) is 45.5 Å². The molecule has 1 fully saturated rings. The van der Waals surface area contributed by atoms with E-state index in [1.165, 1.54) is 18.3 Å². The minimum atomic E-state index is -4.63. The maximum absolute atomic E-state index is 13.7. The first-order valence-electron chi connectivity index (χ1n) is 9.88. The zero-order chi connectivity index (χ0) is 22.9. The second-order valence-corrected chi connectivity index (χ2v) is 8.43. The molecule has 2 aromatic carbocycles. The van der Waals surface area contributed by atoms with Crippen molar-refractivity contribution in [2.24, 2.45) is 0 Å². The number of carbonyl (C=O) groups excluding carboxylic acids is 1. The van der Waals surface area contributed by atoms with Crippen molar-refractivity contribution in [3.63, 3.8) is 0 Å². The van der Waals surface area contributed by atoms with Gasteiger partial charge in [-0.25, -0.2) is 4.79 Å². The number of hydrogen-bond donors (Lipinski definition) is 2. The van der Waals surface area contributed by atoms with Crippen molar-refractivity contribution in [2.45, 2.75) is 25.1 Å². The molecule has 2 amide bonds. The summed E-state index contributed by atoms with van der Waals surface area (Å²) in [5, 5.41) is 9.34. The summed E-state index contributed by atoms with van der Waals surface area (Å²) in [6.07, 6.45) is -2.12. The Morgan fingerprint density at radius 2 is 1.97 bits per heavy atom. The van der Waals surface area contributed by atoms with E-state index >= 15 is 0 Å². The average Bonchev–Trinajstić information content (AvgIpc) is 3.23. The molecule has 2 heterocycles. The van der Waals surface area contributed by atoms with E-state index in [0.29, 0.717) is 29.5 Å². The SMILES string of the molecule is CN1CCC(Oc2ccc(NC(=O)Nc3ccc(Br)c4cnoc34)cc2C(F)(F)F)CC1. The molecule has 4 rings (SSSR count). The number of fused-ring (bicyclic) bond motifs is 1. The normalized spacial score (nSPS) is 15.7. The van der Waals surface area contributed by atoms with Gasteiger partial charge in [0.1, 0.15) is 11.9 Å². The van der Waals surface area contributed by atoms with Crippen molar-refractivity contribution < 1.29 is 27.2 Å². The monoisotopic (exact) mass is 512 g/mol. The summed E-state index contributed by atoms with van der Waals surface area (Å²) in [5.74, 6) is -0.241. The number of carbonyl (C=O) groups is 1. The number of alkyl halides is 3. The van der Waals surface area contributed by atoms with Crippen LogP contribution in [-0.4, -0.2) is 42.3 Å². The Morgan fingerprint density at radius 1 is 1.22 bits per heavy atom. The van der Waals surface area contributed by atoms with Crippen LogP contribution >= 0.6 is 15.9 Å². The molecule has 1 saturated heterocycles. The van der Waals surface area contributed by atoms with Gasteiger partial charge < -0.3 is 24.8 Å². The molecule has 0 bridgehead atoms. The predicted molar refractivity (Wildman–Crippen MR) is 117 cm³/mol. The molecule has 32 heavy (non-hydrogen) atoms. The van der Waals surface area contributed by atoms with Gasteiger partial charge in [-0.15, -0.1) is 0 Å². The molecule has 0 spiro atoms. The van der Waals surface area contributed by atoms with Gasteiger partial charge in [0.2, 0.25) is 0 Å². The summed E-state index contributed by atoms with van der Waals surface area (Å²) >= 11 is 3.35. The molecule has 1 aromatic heterocycles. The molecule has 2 N–H and O–H groups in total. The molecule has 170 valence electrons. The Kier molecular flexibility index (Phi) is 6.29. The third-order valence-corrected chi connectivity index (χ3v) is 5.91. The van der Waals surface area contributed by atoms with Crippen LogP contribution in [0.1, 0.15) is 18.4 Å². The quantitative estimate of drug-likeness (QED) is 0.466. The summed E-state index contributed by atoms with van der Waals surface area (Å²) in [5.41, 5.74) is -0.282. The van der Waals surface area contributed by atoms with Gasteiger partial charge in [0.05, 0.1) is 22.8 Å². The zero-order valence-corrected chi connectivity index (χ0v) is 18.6. The van der Waals surface area contributed by atoms with Gasteiger partial charge in [-0.2, -0.15) is 13.2 Å². The lowest BCUT2D eigenvalue weighted by molar-refractivity contribution is -0.139. The van der Waals surface area contributed by atoms with E-state index in [1.54, 1.807) is 12.1 Å². The van der Waals surface area contributed by atoms with E-state index in [9.17, 15) is 18.0 Å². The van der Waals surface area contributed by atoms with Crippen LogP contribution in [0.5, 0.6) is 5.75 Å². The largest absolute Gasteiger partial charge is 0.490 e. The van der Waals surface area contributed by atoms with E-state index in [-0.39, 0.29) is 17.5 Å². The number of rotatable bonds is 4. The highest BCUT2D eigenvalue weighted by atomic mass is 79.9. The molecule has 3 aromatic rings. The van der Waals surface area contributed by atoms with Gasteiger partial charge in [-0.3, -0.25) is 0 Å². The number of anilines is 2. The number of ether oxygens (including phenoxy) is 1. The summed E-state index contributed by atoms with van der Waals surface area (Å²) in [7, 11) is 1.96. The highest BCUT2D eigenvalue weighted by molar-refractivity contribution is 9.10. The van der Waals surface area contributed by atoms with Crippen molar-refractivity contribution in [1.82, 2.24) is 10.1 Å². The Morgan fingerprint density at radius 3 is 2.69 bits per heavy atom. The van der Waals surface area contributed by atoms with Crippen molar-refractivity contribution in [3.05, 3.63) is 46.6 Å². The molecule has 0 unspecified atom stereocenters. The number of piperidine rings is 1. The number of nitrogens with zero attached hydrogens (tertiary/aromatic N) is 2. The lowest BCUT2D eigenvalue weighted by atomic mass is 10.1. The maximum atomic E-state index is 13.7. The first kappa shape index (κ1) is 22.4. The van der Waals surface area contributed by atoms with Crippen LogP contribution in [0.25, 0.3) is 11.0 Å². The van der Waals surface area contributed by atoms with E-state index < -0.39 is 17.8 Å². The van der Waals surface area contributed by atoms with Crippen LogP contribution < -0.4 is 15.4 Å². The fourth-order valence-corrected chi connectivity index (χ4v) is 3.94. The van der Waals surface area contributed by atoms with Crippen molar-refractivity contribution in [2.75, 3.05) is 30.8 Å². The van der Waals surface area contributed by atoms with E-state index in [4.69, 9.17) is 9.26 Å². The maximum Gasteiger partial charge on any atom is 0.420 e. The number of nitrogens with one attached hydrogen (secondary N) is 2. The Bertz CT molecular complexity index is 1130. The summed E-state index contributed by atoms with van der Waals surface area (Å²) in [6, 6.07) is 6.07. The third kappa shape index (κ3) is 4.99. The van der Waals surface area contributed by atoms with Gasteiger partial charge in [-0.05, 0) is 66.2 Å². The smallest absolute Gasteiger partial charge is 0.420 e. The lowest BCUT2D eigenvalue weighted by Gasteiger charge is -2.30. The van der Waals surface area contributed by atoms with Gasteiger partial charge in [-0.1, -0.05) is 5.16 Å². The molecule has 0 radical (unpaired) electrons. The van der Waals surface area contributed by atoms with Gasteiger partial charge in [0.25, 0.3) is 0 Å². The molecule has 0 atom stereocenters. The number of aromatic nitrogens is 1. The molecule has 0 saturated carbocycles. The van der Waals surface area contributed by atoms with Crippen molar-refractivity contribution >= 4 is 44.3 Å². The van der Waals surface area contributed by atoms with E-state index in [2.05, 4.69) is 36.6 Å². The number of urea groups is 1. The Hall–Kier alpha value is -2.79. The second kappa shape index (κ2) is 8.99. The van der Waals surface area contributed by atoms with E-state index in [1.807, 2.05) is 7.05 Å². The number of hydrogen-bond acceptors (Lipinski definition) is 5. The molecule has 1 aliphatic heterocycles. The number of amides is 2. The Labute approximate surface area is 190 Å². The number of halogens is 4. The number of likely N-dealkylation sites (tertiary alicyclic amines) is 1. The fourth-order valence-electron chi connectivity index (χ4n) is 3.52. The predicted octanol–water partition coefficient (Wildman–Crippen LogP) is 5.73. The van der Waals surface area contributed by atoms with Crippen LogP contribution in [0.3, 0.4) is 0 Å². The molecule has 7 nitrogen and oxygen atoms in total. The van der Waals surface area contributed by atoms with Crippen LogP contribution in [0.4, 0.5) is 29.3 Å². The van der Waals surface area contributed by atoms with Gasteiger partial charge >= 0.3 is 12.2 Å². The lowest BCUT2D eigenvalue weighted by Crippen LogP contribution is -2.36. The minimum Gasteiger partial charge on any atom is -0.490 e. The van der Waals surface area contributed by atoms with Crippen molar-refractivity contribution in [3.8, 4) is 5.75 Å². The minimum absolute atomic E-state index is 0.0172.